The number of amides is 1. The predicted octanol–water partition coefficient (Wildman–Crippen LogP) is 5.66. The van der Waals surface area contributed by atoms with Gasteiger partial charge < -0.3 is 5.32 Å². The van der Waals surface area contributed by atoms with Crippen LogP contribution in [0, 0.1) is 0 Å². The molecule has 0 aliphatic carbocycles. The minimum atomic E-state index is -0.313. The van der Waals surface area contributed by atoms with Crippen LogP contribution >= 0.6 is 50.7 Å². The Kier molecular flexibility index (Phi) is 4.74. The Morgan fingerprint density at radius 1 is 0.947 bits per heavy atom. The van der Waals surface area contributed by atoms with Crippen LogP contribution < -0.4 is 5.32 Å². The van der Waals surface area contributed by atoms with Gasteiger partial charge in [-0.1, -0.05) is 34.8 Å². The number of halogens is 4. The number of rotatable bonds is 2. The number of carbonyl (C=O) groups excluding carboxylic acids is 1. The molecule has 0 spiro atoms. The molecule has 2 aromatic carbocycles. The van der Waals surface area contributed by atoms with Crippen LogP contribution in [0.1, 0.15) is 10.4 Å². The van der Waals surface area contributed by atoms with E-state index in [9.17, 15) is 4.79 Å². The van der Waals surface area contributed by atoms with Crippen molar-refractivity contribution >= 4 is 62.3 Å². The first-order valence-corrected chi connectivity index (χ1v) is 7.11. The lowest BCUT2D eigenvalue weighted by Gasteiger charge is -2.08. The highest BCUT2D eigenvalue weighted by atomic mass is 79.9. The summed E-state index contributed by atoms with van der Waals surface area (Å²) in [6.07, 6.45) is 0. The van der Waals surface area contributed by atoms with E-state index >= 15 is 0 Å². The second kappa shape index (κ2) is 6.14. The molecule has 0 bridgehead atoms. The molecule has 0 saturated carbocycles. The molecule has 0 aliphatic heterocycles. The number of benzene rings is 2. The van der Waals surface area contributed by atoms with Gasteiger partial charge in [-0.2, -0.15) is 0 Å². The van der Waals surface area contributed by atoms with Gasteiger partial charge >= 0.3 is 0 Å². The summed E-state index contributed by atoms with van der Waals surface area (Å²) in [5.74, 6) is -0.313. The van der Waals surface area contributed by atoms with Crippen LogP contribution in [0.5, 0.6) is 0 Å². The van der Waals surface area contributed by atoms with Crippen molar-refractivity contribution in [1.29, 1.82) is 0 Å². The van der Waals surface area contributed by atoms with Crippen LogP contribution in [0.4, 0.5) is 5.69 Å². The van der Waals surface area contributed by atoms with Crippen molar-refractivity contribution in [3.63, 3.8) is 0 Å². The Labute approximate surface area is 133 Å². The zero-order valence-corrected chi connectivity index (χ0v) is 13.2. The van der Waals surface area contributed by atoms with E-state index < -0.39 is 0 Å². The molecular weight excluding hydrogens is 372 g/mol. The number of hydrogen-bond acceptors (Lipinski definition) is 1. The largest absolute Gasteiger partial charge is 0.321 e. The summed E-state index contributed by atoms with van der Waals surface area (Å²) in [7, 11) is 0. The lowest BCUT2D eigenvalue weighted by atomic mass is 10.2. The summed E-state index contributed by atoms with van der Waals surface area (Å²) in [4.78, 5) is 12.1. The van der Waals surface area contributed by atoms with Crippen molar-refractivity contribution in [3.8, 4) is 0 Å². The third kappa shape index (κ3) is 3.86. The van der Waals surface area contributed by atoms with Gasteiger partial charge in [0.25, 0.3) is 5.91 Å². The summed E-state index contributed by atoms with van der Waals surface area (Å²) < 4.78 is 0.735. The van der Waals surface area contributed by atoms with E-state index in [1.807, 2.05) is 0 Å². The summed E-state index contributed by atoms with van der Waals surface area (Å²) >= 11 is 20.9. The quantitative estimate of drug-likeness (QED) is 0.716. The van der Waals surface area contributed by atoms with E-state index in [1.54, 1.807) is 36.4 Å². The molecule has 0 aromatic heterocycles. The van der Waals surface area contributed by atoms with Crippen molar-refractivity contribution in [3.05, 3.63) is 61.5 Å². The highest BCUT2D eigenvalue weighted by Gasteiger charge is 2.10. The second-order valence-electron chi connectivity index (χ2n) is 3.74. The van der Waals surface area contributed by atoms with Gasteiger partial charge in [0.05, 0.1) is 5.69 Å². The zero-order chi connectivity index (χ0) is 14.0. The molecular formula is C13H7BrCl3NO. The molecule has 6 heteroatoms. The van der Waals surface area contributed by atoms with Crippen LogP contribution in [-0.4, -0.2) is 5.91 Å². The van der Waals surface area contributed by atoms with Gasteiger partial charge in [-0.05, 0) is 52.3 Å². The average molecular weight is 379 g/mol. The van der Waals surface area contributed by atoms with Crippen LogP contribution in [0.25, 0.3) is 0 Å². The van der Waals surface area contributed by atoms with Gasteiger partial charge in [0.15, 0.2) is 0 Å². The Hall–Kier alpha value is -0.740. The van der Waals surface area contributed by atoms with Gasteiger partial charge in [-0.3, -0.25) is 4.79 Å². The molecule has 2 aromatic rings. The Balaban J connectivity index is 2.28. The molecule has 0 aliphatic rings. The molecule has 0 heterocycles. The Bertz CT molecular complexity index is 626. The number of carbonyl (C=O) groups is 1. The van der Waals surface area contributed by atoms with Gasteiger partial charge in [0.2, 0.25) is 0 Å². The average Bonchev–Trinajstić information content (AvgIpc) is 2.32. The van der Waals surface area contributed by atoms with Crippen molar-refractivity contribution in [1.82, 2.24) is 0 Å². The van der Waals surface area contributed by atoms with Crippen molar-refractivity contribution in [2.45, 2.75) is 0 Å². The summed E-state index contributed by atoms with van der Waals surface area (Å²) in [6.45, 7) is 0. The Morgan fingerprint density at radius 3 is 2.21 bits per heavy atom. The molecule has 0 fully saturated rings. The minimum Gasteiger partial charge on any atom is -0.321 e. The van der Waals surface area contributed by atoms with E-state index in [2.05, 4.69) is 21.2 Å². The molecule has 0 unspecified atom stereocenters. The predicted molar refractivity (Wildman–Crippen MR) is 83.6 cm³/mol. The van der Waals surface area contributed by atoms with Crippen LogP contribution in [-0.2, 0) is 0 Å². The fourth-order valence-corrected chi connectivity index (χ4v) is 2.52. The summed E-state index contributed by atoms with van der Waals surface area (Å²) in [5.41, 5.74) is 0.956. The molecule has 1 N–H and O–H groups in total. The van der Waals surface area contributed by atoms with E-state index in [4.69, 9.17) is 34.8 Å². The third-order valence-corrected chi connectivity index (χ3v) is 3.66. The number of hydrogen-bond donors (Lipinski definition) is 1. The highest BCUT2D eigenvalue weighted by molar-refractivity contribution is 9.10. The maximum Gasteiger partial charge on any atom is 0.255 e. The van der Waals surface area contributed by atoms with Gasteiger partial charge in [0, 0.05) is 25.1 Å². The first-order chi connectivity index (χ1) is 8.95. The van der Waals surface area contributed by atoms with Crippen LogP contribution in [0.15, 0.2) is 40.9 Å². The standard InChI is InChI=1S/C13H7BrCl3NO/c14-11-2-1-8(15)6-12(11)18-13(19)7-3-9(16)5-10(17)4-7/h1-6H,(H,18,19). The maximum absolute atomic E-state index is 12.1. The van der Waals surface area contributed by atoms with Gasteiger partial charge in [-0.25, -0.2) is 0 Å². The maximum atomic E-state index is 12.1. The zero-order valence-electron chi connectivity index (χ0n) is 9.38. The fraction of sp³-hybridized carbons (Fsp3) is 0. The molecule has 0 saturated heterocycles. The van der Waals surface area contributed by atoms with Crippen LogP contribution in [0.2, 0.25) is 15.1 Å². The molecule has 1 amide bonds. The molecule has 98 valence electrons. The topological polar surface area (TPSA) is 29.1 Å². The lowest BCUT2D eigenvalue weighted by Crippen LogP contribution is -2.12. The molecule has 2 rings (SSSR count). The van der Waals surface area contributed by atoms with Crippen molar-refractivity contribution < 1.29 is 4.79 Å². The van der Waals surface area contributed by atoms with Crippen LogP contribution in [0.3, 0.4) is 0 Å². The minimum absolute atomic E-state index is 0.313. The highest BCUT2D eigenvalue weighted by Crippen LogP contribution is 2.27. The smallest absolute Gasteiger partial charge is 0.255 e. The summed E-state index contributed by atoms with van der Waals surface area (Å²) in [6, 6.07) is 9.77. The van der Waals surface area contributed by atoms with Gasteiger partial charge in [0.1, 0.15) is 0 Å². The van der Waals surface area contributed by atoms with E-state index in [-0.39, 0.29) is 5.91 Å². The SMILES string of the molecule is O=C(Nc1cc(Cl)ccc1Br)c1cc(Cl)cc(Cl)c1. The normalized spacial score (nSPS) is 10.3. The Morgan fingerprint density at radius 2 is 1.58 bits per heavy atom. The van der Waals surface area contributed by atoms with E-state index in [1.165, 1.54) is 0 Å². The first-order valence-electron chi connectivity index (χ1n) is 5.18. The van der Waals surface area contributed by atoms with Crippen molar-refractivity contribution in [2.75, 3.05) is 5.32 Å². The molecule has 2 nitrogen and oxygen atoms in total. The first kappa shape index (κ1) is 14.7. The van der Waals surface area contributed by atoms with Crippen molar-refractivity contribution in [2.24, 2.45) is 0 Å². The number of nitrogens with one attached hydrogen (secondary N) is 1. The molecule has 0 atom stereocenters. The third-order valence-electron chi connectivity index (χ3n) is 2.30. The molecule has 0 radical (unpaired) electrons. The number of anilines is 1. The lowest BCUT2D eigenvalue weighted by molar-refractivity contribution is 0.102. The van der Waals surface area contributed by atoms with E-state index in [0.717, 1.165) is 4.47 Å². The van der Waals surface area contributed by atoms with Gasteiger partial charge in [-0.15, -0.1) is 0 Å². The van der Waals surface area contributed by atoms with E-state index in [0.29, 0.717) is 26.3 Å². The molecule has 19 heavy (non-hydrogen) atoms. The monoisotopic (exact) mass is 377 g/mol. The second-order valence-corrected chi connectivity index (χ2v) is 5.90. The summed E-state index contributed by atoms with van der Waals surface area (Å²) in [5, 5.41) is 4.08. The fourth-order valence-electron chi connectivity index (χ4n) is 1.47.